The third-order valence-electron chi connectivity index (χ3n) is 6.36. The minimum absolute atomic E-state index is 0.349. The van der Waals surface area contributed by atoms with Gasteiger partial charge >= 0.3 is 0 Å². The van der Waals surface area contributed by atoms with E-state index in [1.54, 1.807) is 0 Å². The Morgan fingerprint density at radius 1 is 1.00 bits per heavy atom. The van der Waals surface area contributed by atoms with E-state index in [0.29, 0.717) is 18.8 Å². The molecule has 5 heteroatoms. The van der Waals surface area contributed by atoms with Crippen molar-refractivity contribution in [3.05, 3.63) is 23.8 Å². The van der Waals surface area contributed by atoms with Crippen LogP contribution < -0.4 is 9.47 Å². The summed E-state index contributed by atoms with van der Waals surface area (Å²) >= 11 is 0. The van der Waals surface area contributed by atoms with E-state index >= 15 is 0 Å². The molecule has 0 aliphatic carbocycles. The van der Waals surface area contributed by atoms with Gasteiger partial charge < -0.3 is 19.1 Å². The SMILES string of the molecule is c1cc2c(cc1CN1CC[C@H]3[C@H](CO[C@@H]3CN3CCCC3)C1)OCO2. The molecular weight excluding hydrogens is 316 g/mol. The predicted molar refractivity (Wildman–Crippen MR) is 94.9 cm³/mol. The Labute approximate surface area is 149 Å². The minimum atomic E-state index is 0.349. The molecule has 5 rings (SSSR count). The molecule has 25 heavy (non-hydrogen) atoms. The van der Waals surface area contributed by atoms with Gasteiger partial charge in [0.1, 0.15) is 0 Å². The third-order valence-corrected chi connectivity index (χ3v) is 6.36. The van der Waals surface area contributed by atoms with E-state index < -0.39 is 0 Å². The van der Waals surface area contributed by atoms with Gasteiger partial charge in [-0.05, 0) is 62.5 Å². The molecule has 4 aliphatic rings. The standard InChI is InChI=1S/C20H28N2O3/c1-2-7-21(6-1)12-20-17-5-8-22(11-16(17)13-23-20)10-15-3-4-18-19(9-15)25-14-24-18/h3-4,9,16-17,20H,1-2,5-8,10-14H2/t16-,17-,20+/m0/s1. The highest BCUT2D eigenvalue weighted by Crippen LogP contribution is 2.37. The highest BCUT2D eigenvalue weighted by molar-refractivity contribution is 5.44. The molecule has 0 saturated carbocycles. The van der Waals surface area contributed by atoms with Gasteiger partial charge in [-0.3, -0.25) is 4.90 Å². The van der Waals surface area contributed by atoms with Crippen LogP contribution in [0.5, 0.6) is 11.5 Å². The second-order valence-corrected chi connectivity index (χ2v) is 8.01. The zero-order chi connectivity index (χ0) is 16.6. The first kappa shape index (κ1) is 15.9. The van der Waals surface area contributed by atoms with E-state index in [4.69, 9.17) is 14.2 Å². The maximum atomic E-state index is 6.22. The Bertz CT molecular complexity index is 617. The quantitative estimate of drug-likeness (QED) is 0.838. The van der Waals surface area contributed by atoms with Crippen molar-refractivity contribution >= 4 is 0 Å². The van der Waals surface area contributed by atoms with Gasteiger partial charge in [0.25, 0.3) is 0 Å². The molecule has 1 aromatic rings. The van der Waals surface area contributed by atoms with Crippen molar-refractivity contribution in [2.24, 2.45) is 11.8 Å². The van der Waals surface area contributed by atoms with Gasteiger partial charge in [-0.25, -0.2) is 0 Å². The van der Waals surface area contributed by atoms with Crippen LogP contribution in [0.1, 0.15) is 24.8 Å². The smallest absolute Gasteiger partial charge is 0.231 e. The number of fused-ring (bicyclic) bond motifs is 2. The Hall–Kier alpha value is -1.30. The summed E-state index contributed by atoms with van der Waals surface area (Å²) in [6.07, 6.45) is 4.47. The van der Waals surface area contributed by atoms with E-state index in [1.807, 2.05) is 6.07 Å². The molecule has 0 radical (unpaired) electrons. The summed E-state index contributed by atoms with van der Waals surface area (Å²) < 4.78 is 17.1. The topological polar surface area (TPSA) is 34.2 Å². The average Bonchev–Trinajstić information content (AvgIpc) is 3.36. The van der Waals surface area contributed by atoms with Crippen molar-refractivity contribution in [2.75, 3.05) is 46.1 Å². The fraction of sp³-hybridized carbons (Fsp3) is 0.700. The van der Waals surface area contributed by atoms with Gasteiger partial charge in [-0.15, -0.1) is 0 Å². The van der Waals surface area contributed by atoms with Gasteiger partial charge in [-0.2, -0.15) is 0 Å². The summed E-state index contributed by atoms with van der Waals surface area (Å²) in [4.78, 5) is 5.19. The van der Waals surface area contributed by atoms with Crippen LogP contribution in [0.25, 0.3) is 0 Å². The number of likely N-dealkylation sites (tertiary alicyclic amines) is 2. The van der Waals surface area contributed by atoms with Crippen LogP contribution >= 0.6 is 0 Å². The molecule has 0 amide bonds. The van der Waals surface area contributed by atoms with Crippen LogP contribution in [-0.4, -0.2) is 62.0 Å². The number of hydrogen-bond donors (Lipinski definition) is 0. The van der Waals surface area contributed by atoms with E-state index in [2.05, 4.69) is 21.9 Å². The fourth-order valence-electron chi connectivity index (χ4n) is 5.01. The summed E-state index contributed by atoms with van der Waals surface area (Å²) in [5.74, 6) is 3.22. The minimum Gasteiger partial charge on any atom is -0.454 e. The van der Waals surface area contributed by atoms with Crippen LogP contribution in [0.15, 0.2) is 18.2 Å². The third kappa shape index (κ3) is 3.25. The number of rotatable bonds is 4. The van der Waals surface area contributed by atoms with E-state index in [1.165, 1.54) is 44.5 Å². The molecule has 3 fully saturated rings. The Kier molecular flexibility index (Phi) is 4.32. The first-order valence-electron chi connectivity index (χ1n) is 9.80. The molecule has 1 aromatic carbocycles. The molecule has 4 aliphatic heterocycles. The van der Waals surface area contributed by atoms with Gasteiger partial charge in [0, 0.05) is 25.6 Å². The number of hydrogen-bond acceptors (Lipinski definition) is 5. The van der Waals surface area contributed by atoms with Crippen LogP contribution in [0.4, 0.5) is 0 Å². The lowest BCUT2D eigenvalue weighted by Crippen LogP contribution is -2.43. The van der Waals surface area contributed by atoms with Crippen molar-refractivity contribution in [3.8, 4) is 11.5 Å². The predicted octanol–water partition coefficient (Wildman–Crippen LogP) is 2.35. The molecule has 3 atom stereocenters. The van der Waals surface area contributed by atoms with Crippen molar-refractivity contribution in [1.29, 1.82) is 0 Å². The van der Waals surface area contributed by atoms with Crippen LogP contribution in [-0.2, 0) is 11.3 Å². The normalized spacial score (nSPS) is 32.2. The average molecular weight is 344 g/mol. The Morgan fingerprint density at radius 3 is 2.80 bits per heavy atom. The zero-order valence-electron chi connectivity index (χ0n) is 14.9. The summed E-state index contributed by atoms with van der Waals surface area (Å²) in [6, 6.07) is 6.34. The van der Waals surface area contributed by atoms with Gasteiger partial charge in [0.05, 0.1) is 12.7 Å². The zero-order valence-corrected chi connectivity index (χ0v) is 14.9. The molecule has 3 saturated heterocycles. The second-order valence-electron chi connectivity index (χ2n) is 8.01. The molecule has 136 valence electrons. The first-order chi connectivity index (χ1) is 12.3. The van der Waals surface area contributed by atoms with Crippen LogP contribution in [0.3, 0.4) is 0 Å². The van der Waals surface area contributed by atoms with Crippen molar-refractivity contribution in [3.63, 3.8) is 0 Å². The second kappa shape index (κ2) is 6.78. The maximum absolute atomic E-state index is 6.22. The largest absolute Gasteiger partial charge is 0.454 e. The monoisotopic (exact) mass is 344 g/mol. The van der Waals surface area contributed by atoms with E-state index in [-0.39, 0.29) is 0 Å². The number of benzene rings is 1. The summed E-state index contributed by atoms with van der Waals surface area (Å²) in [5, 5.41) is 0. The van der Waals surface area contributed by atoms with E-state index in [0.717, 1.165) is 43.7 Å². The molecule has 0 aromatic heterocycles. The molecule has 5 nitrogen and oxygen atoms in total. The summed E-state index contributed by atoms with van der Waals surface area (Å²) in [6.45, 7) is 8.33. The van der Waals surface area contributed by atoms with Gasteiger partial charge in [-0.1, -0.05) is 6.07 Å². The van der Waals surface area contributed by atoms with Crippen LogP contribution in [0.2, 0.25) is 0 Å². The lowest BCUT2D eigenvalue weighted by Gasteiger charge is -2.36. The Balaban J connectivity index is 1.18. The highest BCUT2D eigenvalue weighted by atomic mass is 16.7. The maximum Gasteiger partial charge on any atom is 0.231 e. The van der Waals surface area contributed by atoms with Crippen LogP contribution in [0, 0.1) is 11.8 Å². The molecule has 0 unspecified atom stereocenters. The lowest BCUT2D eigenvalue weighted by molar-refractivity contribution is 0.0561. The molecule has 0 spiro atoms. The highest BCUT2D eigenvalue weighted by Gasteiger charge is 2.41. The van der Waals surface area contributed by atoms with Gasteiger partial charge in [0.15, 0.2) is 11.5 Å². The van der Waals surface area contributed by atoms with Crippen molar-refractivity contribution in [2.45, 2.75) is 31.9 Å². The van der Waals surface area contributed by atoms with Crippen molar-refractivity contribution in [1.82, 2.24) is 9.80 Å². The fourth-order valence-corrected chi connectivity index (χ4v) is 5.01. The number of piperidine rings is 1. The lowest BCUT2D eigenvalue weighted by atomic mass is 9.84. The van der Waals surface area contributed by atoms with Crippen molar-refractivity contribution < 1.29 is 14.2 Å². The first-order valence-corrected chi connectivity index (χ1v) is 9.80. The van der Waals surface area contributed by atoms with Gasteiger partial charge in [0.2, 0.25) is 6.79 Å². The molecule has 4 heterocycles. The number of ether oxygens (including phenoxy) is 3. The molecule has 0 bridgehead atoms. The summed E-state index contributed by atoms with van der Waals surface area (Å²) in [7, 11) is 0. The van der Waals surface area contributed by atoms with E-state index in [9.17, 15) is 0 Å². The molecule has 0 N–H and O–H groups in total. The molecular formula is C20H28N2O3. The Morgan fingerprint density at radius 2 is 1.88 bits per heavy atom. The summed E-state index contributed by atoms with van der Waals surface area (Å²) in [5.41, 5.74) is 1.32. The number of nitrogens with zero attached hydrogens (tertiary/aromatic N) is 2.